The number of rotatable bonds is 3. The normalized spacial score (nSPS) is 10.9. The second kappa shape index (κ2) is 4.26. The topological polar surface area (TPSA) is 41.6 Å². The SMILES string of the molecule is CC(C)Cc1nc(-c2ccccc2)n[nH]1. The molecule has 15 heavy (non-hydrogen) atoms. The fourth-order valence-corrected chi connectivity index (χ4v) is 1.49. The summed E-state index contributed by atoms with van der Waals surface area (Å²) >= 11 is 0. The van der Waals surface area contributed by atoms with Crippen LogP contribution in [0.25, 0.3) is 11.4 Å². The molecule has 2 rings (SSSR count). The third-order valence-electron chi connectivity index (χ3n) is 2.17. The third-order valence-corrected chi connectivity index (χ3v) is 2.17. The van der Waals surface area contributed by atoms with E-state index < -0.39 is 0 Å². The van der Waals surface area contributed by atoms with Crippen molar-refractivity contribution in [3.63, 3.8) is 0 Å². The monoisotopic (exact) mass is 201 g/mol. The van der Waals surface area contributed by atoms with E-state index in [9.17, 15) is 0 Å². The van der Waals surface area contributed by atoms with Crippen molar-refractivity contribution in [2.75, 3.05) is 0 Å². The molecule has 78 valence electrons. The maximum atomic E-state index is 4.45. The Labute approximate surface area is 89.6 Å². The molecule has 0 aliphatic rings. The molecule has 1 heterocycles. The lowest BCUT2D eigenvalue weighted by Crippen LogP contribution is -1.95. The Morgan fingerprint density at radius 1 is 1.20 bits per heavy atom. The Kier molecular flexibility index (Phi) is 2.81. The second-order valence-electron chi connectivity index (χ2n) is 4.07. The van der Waals surface area contributed by atoms with Crippen LogP contribution in [0, 0.1) is 5.92 Å². The number of aromatic amines is 1. The van der Waals surface area contributed by atoms with E-state index in [0.29, 0.717) is 5.92 Å². The van der Waals surface area contributed by atoms with Gasteiger partial charge in [-0.2, -0.15) is 5.10 Å². The van der Waals surface area contributed by atoms with Gasteiger partial charge in [0.2, 0.25) is 0 Å². The van der Waals surface area contributed by atoms with Crippen LogP contribution >= 0.6 is 0 Å². The van der Waals surface area contributed by atoms with Gasteiger partial charge in [0.15, 0.2) is 5.82 Å². The molecule has 0 saturated carbocycles. The largest absolute Gasteiger partial charge is 0.263 e. The molecule has 0 spiro atoms. The number of hydrogen-bond acceptors (Lipinski definition) is 2. The summed E-state index contributed by atoms with van der Waals surface area (Å²) in [7, 11) is 0. The average Bonchev–Trinajstić information content (AvgIpc) is 2.67. The smallest absolute Gasteiger partial charge is 0.181 e. The first-order valence-corrected chi connectivity index (χ1v) is 5.22. The molecular weight excluding hydrogens is 186 g/mol. The van der Waals surface area contributed by atoms with Gasteiger partial charge in [0, 0.05) is 12.0 Å². The summed E-state index contributed by atoms with van der Waals surface area (Å²) in [6.45, 7) is 4.34. The standard InChI is InChI=1S/C12H15N3/c1-9(2)8-11-13-12(15-14-11)10-6-4-3-5-7-10/h3-7,9H,8H2,1-2H3,(H,13,14,15). The first-order chi connectivity index (χ1) is 7.25. The number of hydrogen-bond donors (Lipinski definition) is 1. The highest BCUT2D eigenvalue weighted by Crippen LogP contribution is 2.14. The Balaban J connectivity index is 2.21. The van der Waals surface area contributed by atoms with Gasteiger partial charge in [-0.1, -0.05) is 44.2 Å². The Morgan fingerprint density at radius 2 is 1.93 bits per heavy atom. The number of H-pyrrole nitrogens is 1. The van der Waals surface area contributed by atoms with Crippen LogP contribution in [-0.4, -0.2) is 15.2 Å². The molecule has 0 fully saturated rings. The fourth-order valence-electron chi connectivity index (χ4n) is 1.49. The third kappa shape index (κ3) is 2.43. The molecule has 0 atom stereocenters. The van der Waals surface area contributed by atoms with Crippen molar-refractivity contribution in [3.8, 4) is 11.4 Å². The molecule has 2 aromatic rings. The molecule has 3 nitrogen and oxygen atoms in total. The van der Waals surface area contributed by atoms with E-state index in [-0.39, 0.29) is 0 Å². The Hall–Kier alpha value is -1.64. The van der Waals surface area contributed by atoms with Crippen molar-refractivity contribution in [2.45, 2.75) is 20.3 Å². The minimum Gasteiger partial charge on any atom is -0.263 e. The summed E-state index contributed by atoms with van der Waals surface area (Å²) in [4.78, 5) is 4.45. The summed E-state index contributed by atoms with van der Waals surface area (Å²) in [5, 5.41) is 7.18. The van der Waals surface area contributed by atoms with E-state index in [1.165, 1.54) is 0 Å². The zero-order valence-corrected chi connectivity index (χ0v) is 9.07. The van der Waals surface area contributed by atoms with Crippen LogP contribution in [0.4, 0.5) is 0 Å². The zero-order valence-electron chi connectivity index (χ0n) is 9.07. The number of nitrogens with one attached hydrogen (secondary N) is 1. The molecule has 0 amide bonds. The summed E-state index contributed by atoms with van der Waals surface area (Å²) < 4.78 is 0. The van der Waals surface area contributed by atoms with Gasteiger partial charge in [0.25, 0.3) is 0 Å². The van der Waals surface area contributed by atoms with Gasteiger partial charge in [0.05, 0.1) is 0 Å². The van der Waals surface area contributed by atoms with Crippen molar-refractivity contribution >= 4 is 0 Å². The van der Waals surface area contributed by atoms with Crippen molar-refractivity contribution < 1.29 is 0 Å². The second-order valence-corrected chi connectivity index (χ2v) is 4.07. The van der Waals surface area contributed by atoms with E-state index in [1.54, 1.807) is 0 Å². The fraction of sp³-hybridized carbons (Fsp3) is 0.333. The van der Waals surface area contributed by atoms with Crippen LogP contribution in [0.5, 0.6) is 0 Å². The van der Waals surface area contributed by atoms with E-state index in [2.05, 4.69) is 29.0 Å². The number of aromatic nitrogens is 3. The predicted octanol–water partition coefficient (Wildman–Crippen LogP) is 2.67. The summed E-state index contributed by atoms with van der Waals surface area (Å²) in [6.07, 6.45) is 0.944. The van der Waals surface area contributed by atoms with Crippen LogP contribution in [0.2, 0.25) is 0 Å². The molecule has 0 saturated heterocycles. The maximum Gasteiger partial charge on any atom is 0.181 e. The maximum absolute atomic E-state index is 4.45. The molecule has 0 bridgehead atoms. The molecule has 0 radical (unpaired) electrons. The molecule has 1 aromatic heterocycles. The molecular formula is C12H15N3. The highest BCUT2D eigenvalue weighted by molar-refractivity contribution is 5.53. The van der Waals surface area contributed by atoms with Crippen molar-refractivity contribution in [2.24, 2.45) is 5.92 Å². The van der Waals surface area contributed by atoms with Crippen molar-refractivity contribution in [3.05, 3.63) is 36.2 Å². The summed E-state index contributed by atoms with van der Waals surface area (Å²) in [5.41, 5.74) is 1.06. The zero-order chi connectivity index (χ0) is 10.7. The predicted molar refractivity (Wildman–Crippen MR) is 60.4 cm³/mol. The molecule has 0 aliphatic heterocycles. The highest BCUT2D eigenvalue weighted by atomic mass is 15.2. The minimum atomic E-state index is 0.599. The summed E-state index contributed by atoms with van der Waals surface area (Å²) in [5.74, 6) is 2.34. The molecule has 1 N–H and O–H groups in total. The molecule has 0 unspecified atom stereocenters. The minimum absolute atomic E-state index is 0.599. The lowest BCUT2D eigenvalue weighted by atomic mass is 10.1. The van der Waals surface area contributed by atoms with Gasteiger partial charge in [0.1, 0.15) is 5.82 Å². The van der Waals surface area contributed by atoms with Crippen molar-refractivity contribution in [1.29, 1.82) is 0 Å². The van der Waals surface area contributed by atoms with Gasteiger partial charge < -0.3 is 0 Å². The van der Waals surface area contributed by atoms with Crippen LogP contribution in [0.1, 0.15) is 19.7 Å². The van der Waals surface area contributed by atoms with E-state index in [1.807, 2.05) is 30.3 Å². The first kappa shape index (κ1) is 9.90. The van der Waals surface area contributed by atoms with E-state index >= 15 is 0 Å². The number of benzene rings is 1. The quantitative estimate of drug-likeness (QED) is 0.829. The molecule has 3 heteroatoms. The van der Waals surface area contributed by atoms with Crippen molar-refractivity contribution in [1.82, 2.24) is 15.2 Å². The number of nitrogens with zero attached hydrogens (tertiary/aromatic N) is 2. The lowest BCUT2D eigenvalue weighted by Gasteiger charge is -1.98. The van der Waals surface area contributed by atoms with Gasteiger partial charge >= 0.3 is 0 Å². The first-order valence-electron chi connectivity index (χ1n) is 5.22. The van der Waals surface area contributed by atoms with Crippen LogP contribution in [0.3, 0.4) is 0 Å². The van der Waals surface area contributed by atoms with Gasteiger partial charge in [-0.05, 0) is 5.92 Å². The van der Waals surface area contributed by atoms with Gasteiger partial charge in [-0.15, -0.1) is 0 Å². The summed E-state index contributed by atoms with van der Waals surface area (Å²) in [6, 6.07) is 10.0. The van der Waals surface area contributed by atoms with E-state index in [0.717, 1.165) is 23.6 Å². The highest BCUT2D eigenvalue weighted by Gasteiger charge is 2.06. The molecule has 1 aromatic carbocycles. The Morgan fingerprint density at radius 3 is 2.60 bits per heavy atom. The van der Waals surface area contributed by atoms with Gasteiger partial charge in [-0.25, -0.2) is 4.98 Å². The van der Waals surface area contributed by atoms with Crippen LogP contribution in [-0.2, 0) is 6.42 Å². The average molecular weight is 201 g/mol. The lowest BCUT2D eigenvalue weighted by molar-refractivity contribution is 0.622. The van der Waals surface area contributed by atoms with E-state index in [4.69, 9.17) is 0 Å². The van der Waals surface area contributed by atoms with Gasteiger partial charge in [-0.3, -0.25) is 5.10 Å². The Bertz CT molecular complexity index is 417. The molecule has 0 aliphatic carbocycles. The van der Waals surface area contributed by atoms with Crippen LogP contribution < -0.4 is 0 Å². The van der Waals surface area contributed by atoms with Crippen LogP contribution in [0.15, 0.2) is 30.3 Å².